The summed E-state index contributed by atoms with van der Waals surface area (Å²) in [5.41, 5.74) is 4.93. The van der Waals surface area contributed by atoms with Gasteiger partial charge in [-0.25, -0.2) is 0 Å². The zero-order valence-corrected chi connectivity index (χ0v) is 16.4. The Morgan fingerprint density at radius 1 is 0.850 bits per heavy atom. The van der Waals surface area contributed by atoms with E-state index in [1.807, 2.05) is 7.05 Å². The molecule has 0 bridgehead atoms. The molecule has 0 saturated carbocycles. The van der Waals surface area contributed by atoms with E-state index in [4.69, 9.17) is 0 Å². The van der Waals surface area contributed by atoms with E-state index < -0.39 is 0 Å². The summed E-state index contributed by atoms with van der Waals surface area (Å²) in [7, 11) is 1.99. The number of benzene rings is 2. The summed E-state index contributed by atoms with van der Waals surface area (Å²) in [5.74, 6) is 0. The summed E-state index contributed by atoms with van der Waals surface area (Å²) < 4.78 is 3.36. The van der Waals surface area contributed by atoms with Gasteiger partial charge in [0.1, 0.15) is 0 Å². The van der Waals surface area contributed by atoms with E-state index in [9.17, 15) is 0 Å². The summed E-state index contributed by atoms with van der Waals surface area (Å²) in [4.78, 5) is 0. The number of hydrogen-bond acceptors (Lipinski definition) is 1. The van der Waals surface area contributed by atoms with Crippen molar-refractivity contribution in [2.75, 3.05) is 7.05 Å². The van der Waals surface area contributed by atoms with E-state index in [1.54, 1.807) is 0 Å². The zero-order valence-electron chi connectivity index (χ0n) is 11.6. The first kappa shape index (κ1) is 16.2. The van der Waals surface area contributed by atoms with Gasteiger partial charge in [0, 0.05) is 13.4 Å². The molecule has 1 unspecified atom stereocenters. The van der Waals surface area contributed by atoms with Crippen LogP contribution in [-0.4, -0.2) is 7.05 Å². The lowest BCUT2D eigenvalue weighted by Crippen LogP contribution is -2.19. The van der Waals surface area contributed by atoms with Crippen LogP contribution in [0.25, 0.3) is 0 Å². The second-order valence-electron chi connectivity index (χ2n) is 4.87. The smallest absolute Gasteiger partial charge is 0.0597 e. The molecule has 106 valence electrons. The van der Waals surface area contributed by atoms with E-state index in [0.29, 0.717) is 0 Å². The Balaban J connectivity index is 2.58. The van der Waals surface area contributed by atoms with Gasteiger partial charge in [0.25, 0.3) is 0 Å². The molecular weight excluding hydrogens is 446 g/mol. The van der Waals surface area contributed by atoms with E-state index >= 15 is 0 Å². The van der Waals surface area contributed by atoms with E-state index in [-0.39, 0.29) is 6.04 Å². The van der Waals surface area contributed by atoms with Crippen molar-refractivity contribution in [2.45, 2.75) is 19.9 Å². The minimum absolute atomic E-state index is 0.135. The molecule has 2 aromatic carbocycles. The van der Waals surface area contributed by atoms with Gasteiger partial charge in [0.15, 0.2) is 0 Å². The Kier molecular flexibility index (Phi) is 5.46. The highest BCUT2D eigenvalue weighted by atomic mass is 79.9. The number of nitrogens with one attached hydrogen (secondary N) is 1. The molecule has 1 nitrogen and oxygen atoms in total. The van der Waals surface area contributed by atoms with Crippen molar-refractivity contribution in [3.8, 4) is 0 Å². The van der Waals surface area contributed by atoms with Gasteiger partial charge in [-0.3, -0.25) is 0 Å². The lowest BCUT2D eigenvalue weighted by Gasteiger charge is -2.21. The number of halogens is 3. The first-order valence-corrected chi connectivity index (χ1v) is 8.70. The van der Waals surface area contributed by atoms with Gasteiger partial charge < -0.3 is 5.32 Å². The molecule has 0 aromatic heterocycles. The summed E-state index contributed by atoms with van der Waals surface area (Å²) in [6, 6.07) is 10.9. The SMILES string of the molecule is CNC(c1cc(C)ccc1Br)c1cc(Br)c(C)cc1Br. The summed E-state index contributed by atoms with van der Waals surface area (Å²) in [6.45, 7) is 4.21. The normalized spacial score (nSPS) is 12.5. The van der Waals surface area contributed by atoms with Crippen LogP contribution in [0.3, 0.4) is 0 Å². The molecule has 0 radical (unpaired) electrons. The molecule has 1 N–H and O–H groups in total. The molecular formula is C16H16Br3N. The van der Waals surface area contributed by atoms with Crippen LogP contribution in [0.2, 0.25) is 0 Å². The molecule has 0 fully saturated rings. The lowest BCUT2D eigenvalue weighted by atomic mass is 9.97. The summed E-state index contributed by atoms with van der Waals surface area (Å²) in [6.07, 6.45) is 0. The Labute approximate surface area is 145 Å². The Bertz CT molecular complexity index is 638. The standard InChI is InChI=1S/C16H16Br3N/c1-9-4-5-13(17)11(6-9)16(20-3)12-8-14(18)10(2)7-15(12)19/h4-8,16,20H,1-3H3. The van der Waals surface area contributed by atoms with Gasteiger partial charge in [-0.05, 0) is 55.8 Å². The highest BCUT2D eigenvalue weighted by molar-refractivity contribution is 9.11. The number of hydrogen-bond donors (Lipinski definition) is 1. The van der Waals surface area contributed by atoms with E-state index in [0.717, 1.165) is 13.4 Å². The Hall–Kier alpha value is -0.160. The molecule has 0 spiro atoms. The first-order chi connectivity index (χ1) is 9.43. The summed E-state index contributed by atoms with van der Waals surface area (Å²) in [5, 5.41) is 3.41. The van der Waals surface area contributed by atoms with Crippen molar-refractivity contribution in [2.24, 2.45) is 0 Å². The van der Waals surface area contributed by atoms with Crippen LogP contribution >= 0.6 is 47.8 Å². The van der Waals surface area contributed by atoms with E-state index in [2.05, 4.69) is 97.3 Å². The van der Waals surface area contributed by atoms with Crippen LogP contribution in [0.5, 0.6) is 0 Å². The number of aryl methyl sites for hydroxylation is 2. The fourth-order valence-electron chi connectivity index (χ4n) is 2.25. The highest BCUT2D eigenvalue weighted by Gasteiger charge is 2.18. The quantitative estimate of drug-likeness (QED) is 0.600. The third-order valence-corrected chi connectivity index (χ3v) is 5.60. The molecule has 0 heterocycles. The topological polar surface area (TPSA) is 12.0 Å². The van der Waals surface area contributed by atoms with Gasteiger partial charge in [0.2, 0.25) is 0 Å². The number of rotatable bonds is 3. The maximum Gasteiger partial charge on any atom is 0.0597 e. The van der Waals surface area contributed by atoms with Gasteiger partial charge in [0.05, 0.1) is 6.04 Å². The minimum Gasteiger partial charge on any atom is -0.309 e. The first-order valence-electron chi connectivity index (χ1n) is 6.33. The maximum absolute atomic E-state index is 3.69. The molecule has 1 atom stereocenters. The van der Waals surface area contributed by atoms with Gasteiger partial charge in [-0.15, -0.1) is 0 Å². The Morgan fingerprint density at radius 3 is 2.15 bits per heavy atom. The monoisotopic (exact) mass is 459 g/mol. The molecule has 0 aliphatic rings. The van der Waals surface area contributed by atoms with E-state index in [1.165, 1.54) is 22.3 Å². The lowest BCUT2D eigenvalue weighted by molar-refractivity contribution is 0.685. The molecule has 4 heteroatoms. The van der Waals surface area contributed by atoms with Gasteiger partial charge >= 0.3 is 0 Å². The van der Waals surface area contributed by atoms with Crippen LogP contribution in [0, 0.1) is 13.8 Å². The third kappa shape index (κ3) is 3.35. The molecule has 0 aliphatic heterocycles. The fourth-order valence-corrected chi connectivity index (χ4v) is 3.77. The largest absolute Gasteiger partial charge is 0.309 e. The minimum atomic E-state index is 0.135. The molecule has 2 rings (SSSR count). The molecule has 2 aromatic rings. The summed E-state index contributed by atoms with van der Waals surface area (Å²) >= 11 is 11.0. The maximum atomic E-state index is 3.69. The fraction of sp³-hybridized carbons (Fsp3) is 0.250. The van der Waals surface area contributed by atoms with Crippen LogP contribution in [0.15, 0.2) is 43.7 Å². The second kappa shape index (κ2) is 6.73. The average Bonchev–Trinajstić information content (AvgIpc) is 2.40. The van der Waals surface area contributed by atoms with Gasteiger partial charge in [-0.2, -0.15) is 0 Å². The predicted octanol–water partition coefficient (Wildman–Crippen LogP) is 5.90. The van der Waals surface area contributed by atoms with Crippen LogP contribution in [0.4, 0.5) is 0 Å². The van der Waals surface area contributed by atoms with Crippen LogP contribution < -0.4 is 5.32 Å². The van der Waals surface area contributed by atoms with Crippen molar-refractivity contribution in [3.05, 3.63) is 66.0 Å². The van der Waals surface area contributed by atoms with Crippen molar-refractivity contribution in [1.29, 1.82) is 0 Å². The van der Waals surface area contributed by atoms with Gasteiger partial charge in [-0.1, -0.05) is 65.5 Å². The molecule has 0 saturated heterocycles. The average molecular weight is 462 g/mol. The Morgan fingerprint density at radius 2 is 1.50 bits per heavy atom. The molecule has 0 amide bonds. The third-order valence-electron chi connectivity index (χ3n) is 3.34. The van der Waals surface area contributed by atoms with Crippen molar-refractivity contribution in [3.63, 3.8) is 0 Å². The highest BCUT2D eigenvalue weighted by Crippen LogP contribution is 2.35. The molecule has 0 aliphatic carbocycles. The van der Waals surface area contributed by atoms with Crippen LogP contribution in [-0.2, 0) is 0 Å². The van der Waals surface area contributed by atoms with Crippen LogP contribution in [0.1, 0.15) is 28.3 Å². The second-order valence-corrected chi connectivity index (χ2v) is 7.43. The zero-order chi connectivity index (χ0) is 14.9. The predicted molar refractivity (Wildman–Crippen MR) is 96.4 cm³/mol. The van der Waals surface area contributed by atoms with Crippen molar-refractivity contribution < 1.29 is 0 Å². The van der Waals surface area contributed by atoms with Crippen molar-refractivity contribution >= 4 is 47.8 Å². The van der Waals surface area contributed by atoms with Crippen molar-refractivity contribution in [1.82, 2.24) is 5.32 Å². The molecule has 20 heavy (non-hydrogen) atoms.